The van der Waals surface area contributed by atoms with Gasteiger partial charge in [0.1, 0.15) is 11.2 Å². The summed E-state index contributed by atoms with van der Waals surface area (Å²) < 4.78 is 112. The molecule has 1 saturated carbocycles. The molecule has 0 bridgehead atoms. The average molecular weight is 545 g/mol. The number of hydrogen-bond acceptors (Lipinski definition) is 6. The second kappa shape index (κ2) is 9.01. The predicted octanol–water partition coefficient (Wildman–Crippen LogP) is 5.49. The van der Waals surface area contributed by atoms with Crippen LogP contribution in [0.5, 0.6) is 11.6 Å². The van der Waals surface area contributed by atoms with E-state index in [0.717, 1.165) is 31.4 Å². The molecule has 7 nitrogen and oxygen atoms in total. The van der Waals surface area contributed by atoms with Crippen LogP contribution in [0.25, 0.3) is 0 Å². The van der Waals surface area contributed by atoms with Crippen LogP contribution in [0.15, 0.2) is 41.3 Å². The fourth-order valence-electron chi connectivity index (χ4n) is 3.55. The molecule has 196 valence electrons. The molecule has 1 aliphatic rings. The molecule has 2 aromatic carbocycles. The third-order valence-corrected chi connectivity index (χ3v) is 6.74. The molecule has 0 radical (unpaired) electrons. The van der Waals surface area contributed by atoms with Gasteiger partial charge in [0.05, 0.1) is 4.90 Å². The van der Waals surface area contributed by atoms with Crippen LogP contribution in [0.4, 0.5) is 32.0 Å². The number of nitrogens with zero attached hydrogens (tertiary/aromatic N) is 2. The highest BCUT2D eigenvalue weighted by molar-refractivity contribution is 7.90. The minimum atomic E-state index is -5.03. The normalized spacial score (nSPS) is 14.8. The first kappa shape index (κ1) is 26.4. The van der Waals surface area contributed by atoms with Gasteiger partial charge in [-0.05, 0) is 55.7 Å². The number of halogens is 6. The van der Waals surface area contributed by atoms with Gasteiger partial charge in [-0.1, -0.05) is 6.07 Å². The maximum absolute atomic E-state index is 14.7. The number of alkyl halides is 4. The third-order valence-electron chi connectivity index (χ3n) is 5.63. The first-order valence-electron chi connectivity index (χ1n) is 10.5. The van der Waals surface area contributed by atoms with Crippen LogP contribution in [-0.2, 0) is 21.7 Å². The Hall–Kier alpha value is -3.68. The van der Waals surface area contributed by atoms with E-state index in [1.165, 1.54) is 18.2 Å². The predicted molar refractivity (Wildman–Crippen MR) is 118 cm³/mol. The smallest absolute Gasteiger partial charge is 0.434 e. The monoisotopic (exact) mass is 545 g/mol. The Bertz CT molecular complexity index is 1520. The zero-order chi connectivity index (χ0) is 27.3. The molecule has 1 aliphatic carbocycles. The van der Waals surface area contributed by atoms with Crippen LogP contribution in [-0.4, -0.2) is 30.8 Å². The van der Waals surface area contributed by atoms with E-state index < -0.39 is 73.2 Å². The minimum Gasteiger partial charge on any atom is -0.434 e. The van der Waals surface area contributed by atoms with Crippen molar-refractivity contribution in [1.82, 2.24) is 10.2 Å². The molecule has 0 aliphatic heterocycles. The van der Waals surface area contributed by atoms with Crippen molar-refractivity contribution in [3.63, 3.8) is 0 Å². The molecule has 1 fully saturated rings. The van der Waals surface area contributed by atoms with E-state index in [4.69, 9.17) is 4.74 Å². The summed E-state index contributed by atoms with van der Waals surface area (Å²) in [5.41, 5.74) is -5.74. The summed E-state index contributed by atoms with van der Waals surface area (Å²) in [6.07, 6.45) is -4.12. The van der Waals surface area contributed by atoms with Gasteiger partial charge in [-0.3, -0.25) is 4.79 Å². The standard InChI is InChI=1S/C23H17F6N3O4S/c1-11-16(20(33)30-12-4-3-5-13(10-12)37(2,34)35)21(32-31-19(11)23(27,28)29)36-15-7-6-14(17(24)18(15)25)22(26)8-9-22/h3-7,10H,8-9H2,1-2H3,(H,30,33). The zero-order valence-corrected chi connectivity index (χ0v) is 19.9. The topological polar surface area (TPSA) is 98.2 Å². The summed E-state index contributed by atoms with van der Waals surface area (Å²) in [7, 11) is -3.68. The first-order valence-corrected chi connectivity index (χ1v) is 12.4. The Labute approximate surface area is 206 Å². The lowest BCUT2D eigenvalue weighted by Crippen LogP contribution is -2.21. The van der Waals surface area contributed by atoms with Crippen LogP contribution in [0.3, 0.4) is 0 Å². The maximum atomic E-state index is 14.7. The van der Waals surface area contributed by atoms with Crippen molar-refractivity contribution in [3.8, 4) is 11.6 Å². The number of nitrogens with one attached hydrogen (secondary N) is 1. The highest BCUT2D eigenvalue weighted by atomic mass is 32.2. The summed E-state index contributed by atoms with van der Waals surface area (Å²) >= 11 is 0. The summed E-state index contributed by atoms with van der Waals surface area (Å²) in [5.74, 6) is -6.16. The van der Waals surface area contributed by atoms with E-state index in [1.807, 2.05) is 0 Å². The fraction of sp³-hybridized carbons (Fsp3) is 0.261. The highest BCUT2D eigenvalue weighted by Crippen LogP contribution is 2.51. The van der Waals surface area contributed by atoms with E-state index >= 15 is 0 Å². The molecule has 1 aromatic heterocycles. The number of ether oxygens (including phenoxy) is 1. The molecule has 1 amide bonds. The lowest BCUT2D eigenvalue weighted by Gasteiger charge is -2.17. The van der Waals surface area contributed by atoms with E-state index in [0.29, 0.717) is 0 Å². The SMILES string of the molecule is Cc1c(C(F)(F)F)nnc(Oc2ccc(C3(F)CC3)c(F)c2F)c1C(=O)Nc1cccc(S(C)(=O)=O)c1. The molecular formula is C23H17F6N3O4S. The molecule has 1 N–H and O–H groups in total. The van der Waals surface area contributed by atoms with Crippen LogP contribution < -0.4 is 10.1 Å². The Morgan fingerprint density at radius 2 is 1.76 bits per heavy atom. The summed E-state index contributed by atoms with van der Waals surface area (Å²) in [6.45, 7) is 0.895. The number of aromatic nitrogens is 2. The number of sulfone groups is 1. The van der Waals surface area contributed by atoms with Gasteiger partial charge in [-0.25, -0.2) is 17.2 Å². The zero-order valence-electron chi connectivity index (χ0n) is 19.1. The second-order valence-electron chi connectivity index (χ2n) is 8.41. The van der Waals surface area contributed by atoms with Crippen molar-refractivity contribution in [1.29, 1.82) is 0 Å². The number of benzene rings is 2. The van der Waals surface area contributed by atoms with Crippen molar-refractivity contribution in [2.75, 3.05) is 11.6 Å². The number of amides is 1. The number of carbonyl (C=O) groups excluding carboxylic acids is 1. The van der Waals surface area contributed by atoms with Crippen LogP contribution >= 0.6 is 0 Å². The van der Waals surface area contributed by atoms with Gasteiger partial charge >= 0.3 is 6.18 Å². The molecule has 14 heteroatoms. The van der Waals surface area contributed by atoms with Crippen LogP contribution in [0.2, 0.25) is 0 Å². The van der Waals surface area contributed by atoms with Gasteiger partial charge in [-0.15, -0.1) is 10.2 Å². The molecule has 37 heavy (non-hydrogen) atoms. The highest BCUT2D eigenvalue weighted by Gasteiger charge is 2.48. The van der Waals surface area contributed by atoms with Crippen LogP contribution in [0, 0.1) is 18.6 Å². The fourth-order valence-corrected chi connectivity index (χ4v) is 4.21. The molecule has 0 unspecified atom stereocenters. The second-order valence-corrected chi connectivity index (χ2v) is 10.4. The lowest BCUT2D eigenvalue weighted by molar-refractivity contribution is -0.142. The number of carbonyl (C=O) groups is 1. The van der Waals surface area contributed by atoms with E-state index in [-0.39, 0.29) is 23.4 Å². The molecule has 0 saturated heterocycles. The first-order chi connectivity index (χ1) is 17.1. The Morgan fingerprint density at radius 3 is 2.35 bits per heavy atom. The van der Waals surface area contributed by atoms with Gasteiger partial charge in [0.25, 0.3) is 11.8 Å². The minimum absolute atomic E-state index is 0.00199. The van der Waals surface area contributed by atoms with Crippen molar-refractivity contribution in [2.24, 2.45) is 0 Å². The van der Waals surface area contributed by atoms with Crippen LogP contribution in [0.1, 0.15) is 40.0 Å². The third kappa shape index (κ3) is 5.24. The quantitative estimate of drug-likeness (QED) is 0.412. The van der Waals surface area contributed by atoms with Crippen molar-refractivity contribution < 1.29 is 44.3 Å². The lowest BCUT2D eigenvalue weighted by atomic mass is 10.1. The summed E-state index contributed by atoms with van der Waals surface area (Å²) in [5, 5.41) is 8.53. The van der Waals surface area contributed by atoms with Crippen molar-refractivity contribution in [2.45, 2.75) is 36.5 Å². The van der Waals surface area contributed by atoms with Crippen molar-refractivity contribution >= 4 is 21.4 Å². The number of rotatable bonds is 6. The largest absolute Gasteiger partial charge is 0.435 e. The molecule has 1 heterocycles. The van der Waals surface area contributed by atoms with E-state index in [1.54, 1.807) is 0 Å². The van der Waals surface area contributed by atoms with Gasteiger partial charge in [-0.2, -0.15) is 17.6 Å². The molecular weight excluding hydrogens is 528 g/mol. The molecule has 0 atom stereocenters. The summed E-state index contributed by atoms with van der Waals surface area (Å²) in [4.78, 5) is 12.9. The number of hydrogen-bond donors (Lipinski definition) is 1. The molecule has 0 spiro atoms. The Kier molecular flexibility index (Phi) is 6.42. The Balaban J connectivity index is 1.76. The molecule has 3 aromatic rings. The van der Waals surface area contributed by atoms with E-state index in [2.05, 4.69) is 15.5 Å². The van der Waals surface area contributed by atoms with Gasteiger partial charge in [0.15, 0.2) is 27.1 Å². The van der Waals surface area contributed by atoms with E-state index in [9.17, 15) is 39.6 Å². The average Bonchev–Trinajstić information content (AvgIpc) is 3.53. The molecule has 4 rings (SSSR count). The maximum Gasteiger partial charge on any atom is 0.435 e. The van der Waals surface area contributed by atoms with Gasteiger partial charge in [0, 0.05) is 17.5 Å². The van der Waals surface area contributed by atoms with Gasteiger partial charge < -0.3 is 10.1 Å². The van der Waals surface area contributed by atoms with Crippen molar-refractivity contribution in [3.05, 3.63) is 70.4 Å². The number of anilines is 1. The Morgan fingerprint density at radius 1 is 1.08 bits per heavy atom. The summed E-state index contributed by atoms with van der Waals surface area (Å²) in [6, 6.07) is 6.67. The van der Waals surface area contributed by atoms with Gasteiger partial charge in [0.2, 0.25) is 5.82 Å².